The van der Waals surface area contributed by atoms with E-state index in [1.165, 1.54) is 101 Å². The Bertz CT molecular complexity index is 4220. The molecule has 21 rings (SSSR count). The molecule has 2 aliphatic heterocycles. The number of allylic oxidation sites excluding steroid dienone is 4. The monoisotopic (exact) mass is 1940 g/mol. The largest absolute Gasteiger partial charge is 0.393 e. The minimum atomic E-state index is -0.747. The number of hydrogen-bond acceptors (Lipinski definition) is 12. The van der Waals surface area contributed by atoms with Gasteiger partial charge in [0.2, 0.25) is 0 Å². The highest BCUT2D eigenvalue weighted by molar-refractivity contribution is 6.57. The molecule has 12 nitrogen and oxygen atoms in total. The van der Waals surface area contributed by atoms with Gasteiger partial charge in [-0.1, -0.05) is 215 Å². The molecule has 0 radical (unpaired) electrons. The van der Waals surface area contributed by atoms with Crippen LogP contribution < -0.4 is 0 Å². The lowest BCUT2D eigenvalue weighted by Crippen LogP contribution is -2.63. The van der Waals surface area contributed by atoms with E-state index in [4.69, 9.17) is 112 Å². The summed E-state index contributed by atoms with van der Waals surface area (Å²) in [6, 6.07) is 0. The molecule has 21 aliphatic rings. The van der Waals surface area contributed by atoms with E-state index in [2.05, 4.69) is 125 Å². The molecule has 43 atom stereocenters. The number of carbonyl (C=O) groups is 3. The standard InChI is InChI=1S/C24H36Cl2O2.C23H36O3.C21H32Cl2O2.C21H30Cl2O2.C20H30Cl2O3/c1-13-8-10-24(5)15-9-11-23(4)14(6-7-16(23)21(25)26)18(15)20-19(17(24)12-13)27-22(2,3)28-20;1-13-8-10-22(4)15-9-11-23(5)14(6-7-17(23)24)18(15)20-19(16(22)12-13)25-21(2,3)26-20;1-11-6-8-21(3)13-7-9-20(2)12(4-5-14(20)19(22)23)16(13)18(25)17(24)15(21)10-11;1-13-6-8-20(2,14(10-13)11-24)17-7-9-21(3)16(15(17)12-25)4-5-18(21)19(22)23;1-19-8-6-12-15(11(19)3-4-13(19)18(21)22)17(25)16(24)14-9-10(23)5-7-20(12,14)2/h13-15,17-20H,6-12H2,1-5H3;13-16,18-20H,6-12H2,1-5H3;11-13,15-18,24-25H,4-10H2,1-3H3;11-17H,4-10H2,1-3H3;10-12,14-17,23-25H,3-9H2,1-2H3/t13-,14?,15?,17?,18?,19+,20+,23-,24+;13-,14?,15?,16?,18?,19+,20+,22+,23-;11-,12?,13?,15?,16?,17+,18+,20-,21+;13-,14+,15?,16?,17?,20-,21-;10-,11?,12?,14?,15?,16+,17+,19-,20+/m00000/s1. The van der Waals surface area contributed by atoms with Crippen LogP contribution in [0.2, 0.25) is 0 Å². The molecule has 0 aromatic heterocycles. The van der Waals surface area contributed by atoms with Crippen molar-refractivity contribution in [2.75, 3.05) is 0 Å². The first kappa shape index (κ1) is 100. The zero-order chi connectivity index (χ0) is 93.2. The predicted molar refractivity (Wildman–Crippen MR) is 519 cm³/mol. The number of aliphatic hydroxyl groups excluding tert-OH is 5. The average Bonchev–Trinajstić information content (AvgIpc) is 1.57. The third-order valence-corrected chi connectivity index (χ3v) is 47.1. The molecule has 0 bridgehead atoms. The van der Waals surface area contributed by atoms with Crippen molar-refractivity contribution in [1.82, 2.24) is 0 Å². The summed E-state index contributed by atoms with van der Waals surface area (Å²) in [6.07, 6.45) is 38.1. The zero-order valence-corrected chi connectivity index (χ0v) is 87.6. The third-order valence-electron chi connectivity index (χ3n) is 45.3. The molecule has 19 aliphatic carbocycles. The first-order valence-electron chi connectivity index (χ1n) is 52.1. The van der Waals surface area contributed by atoms with Crippen LogP contribution in [0.5, 0.6) is 0 Å². The maximum absolute atomic E-state index is 12.8. The lowest BCUT2D eigenvalue weighted by atomic mass is 9.43. The van der Waals surface area contributed by atoms with Gasteiger partial charge >= 0.3 is 0 Å². The summed E-state index contributed by atoms with van der Waals surface area (Å²) < 4.78 is 28.3. The molecular weight excluding hydrogens is 1780 g/mol. The normalized spacial score (nSPS) is 54.1. The van der Waals surface area contributed by atoms with Crippen LogP contribution >= 0.6 is 92.8 Å². The van der Waals surface area contributed by atoms with Crippen molar-refractivity contribution in [3.05, 3.63) is 40.3 Å². The van der Waals surface area contributed by atoms with Gasteiger partial charge in [0.1, 0.15) is 36.3 Å². The van der Waals surface area contributed by atoms with Crippen LogP contribution in [0.15, 0.2) is 40.3 Å². The number of ether oxygens (including phenoxy) is 4. The van der Waals surface area contributed by atoms with Gasteiger partial charge in [-0.05, 0) is 422 Å². The summed E-state index contributed by atoms with van der Waals surface area (Å²) in [5.74, 6) is 10.0. The fraction of sp³-hybridized carbons (Fsp3) is 0.899. The van der Waals surface area contributed by atoms with Crippen LogP contribution in [0.4, 0.5) is 0 Å². The number of carbonyl (C=O) groups excluding carboxylic acids is 3. The Hall–Kier alpha value is -0.0700. The summed E-state index contributed by atoms with van der Waals surface area (Å²) in [5, 5.41) is 54.4. The second kappa shape index (κ2) is 36.1. The fourth-order valence-corrected chi connectivity index (χ4v) is 40.6. The van der Waals surface area contributed by atoms with E-state index < -0.39 is 36.0 Å². The van der Waals surface area contributed by atoms with Crippen molar-refractivity contribution in [3.63, 3.8) is 0 Å². The summed E-state index contributed by atoms with van der Waals surface area (Å²) >= 11 is 49.9. The molecule has 728 valence electrons. The van der Waals surface area contributed by atoms with Gasteiger partial charge in [-0.15, -0.1) is 0 Å². The molecule has 5 N–H and O–H groups in total. The smallest absolute Gasteiger partial charge is 0.163 e. The van der Waals surface area contributed by atoms with E-state index >= 15 is 0 Å². The number of aliphatic hydroxyl groups is 5. The maximum Gasteiger partial charge on any atom is 0.163 e. The first-order valence-corrected chi connectivity index (χ1v) is 55.2. The second-order valence-electron chi connectivity index (χ2n) is 51.7. The van der Waals surface area contributed by atoms with Crippen molar-refractivity contribution in [1.29, 1.82) is 0 Å². The molecule has 0 spiro atoms. The lowest BCUT2D eigenvalue weighted by Gasteiger charge is -2.63. The highest BCUT2D eigenvalue weighted by Gasteiger charge is 2.73. The van der Waals surface area contributed by atoms with Gasteiger partial charge in [0.05, 0.1) is 54.9 Å². The van der Waals surface area contributed by atoms with E-state index in [0.717, 1.165) is 170 Å². The summed E-state index contributed by atoms with van der Waals surface area (Å²) in [7, 11) is 0. The van der Waals surface area contributed by atoms with Crippen molar-refractivity contribution in [3.8, 4) is 0 Å². The van der Waals surface area contributed by atoms with E-state index in [1.807, 2.05) is 0 Å². The highest BCUT2D eigenvalue weighted by Crippen LogP contribution is 2.76. The number of fused-ring (bicyclic) bond motifs is 27. The summed E-state index contributed by atoms with van der Waals surface area (Å²) in [5.41, 5.74) is 5.51. The number of ketones is 1. The Morgan fingerprint density at radius 2 is 0.581 bits per heavy atom. The van der Waals surface area contributed by atoms with Crippen LogP contribution in [0, 0.1) is 196 Å². The van der Waals surface area contributed by atoms with Crippen LogP contribution in [-0.4, -0.2) is 110 Å². The van der Waals surface area contributed by atoms with Gasteiger partial charge in [-0.3, -0.25) is 4.79 Å². The number of halogens is 8. The Morgan fingerprint density at radius 1 is 0.287 bits per heavy atom. The first-order chi connectivity index (χ1) is 60.4. The highest BCUT2D eigenvalue weighted by atomic mass is 35.5. The Balaban J connectivity index is 0.000000113. The molecule has 0 aromatic rings. The van der Waals surface area contributed by atoms with Gasteiger partial charge in [0, 0.05) is 23.7 Å². The Labute approximate surface area is 816 Å². The topological polar surface area (TPSA) is 189 Å². The van der Waals surface area contributed by atoms with Gasteiger partial charge in [-0.25, -0.2) is 0 Å². The molecule has 0 aromatic carbocycles. The Kier molecular flexibility index (Phi) is 28.1. The van der Waals surface area contributed by atoms with Gasteiger partial charge in [0.15, 0.2) is 11.6 Å². The van der Waals surface area contributed by atoms with Crippen LogP contribution in [0.1, 0.15) is 349 Å². The minimum absolute atomic E-state index is 0.00109. The number of aldehydes is 2. The van der Waals surface area contributed by atoms with Gasteiger partial charge in [0.25, 0.3) is 0 Å². The van der Waals surface area contributed by atoms with E-state index in [0.29, 0.717) is 130 Å². The van der Waals surface area contributed by atoms with Crippen LogP contribution in [0.3, 0.4) is 0 Å². The molecule has 129 heavy (non-hydrogen) atoms. The number of rotatable bonds is 3. The molecular formula is C109H164Cl8O12. The molecule has 19 saturated carbocycles. The Morgan fingerprint density at radius 3 is 0.969 bits per heavy atom. The van der Waals surface area contributed by atoms with Crippen molar-refractivity contribution in [2.24, 2.45) is 196 Å². The zero-order valence-electron chi connectivity index (χ0n) is 81.6. The fourth-order valence-electron chi connectivity index (χ4n) is 38.1. The van der Waals surface area contributed by atoms with Crippen LogP contribution in [0.25, 0.3) is 0 Å². The SMILES string of the molecule is C[C@H]1CC[C@](C)(C2CC[C@]3(C)C(=C(Cl)Cl)CCC3C2C=O)[C@@H](C=O)C1.C[C@H]1CC[C@]2(C)C3CC[C@]4(C)C(=C(Cl)Cl)CCC4C3[C@@H](O)[C@H](O)C2C1.C[C@H]1CC[C@]2(C)C3CC[C@]4(C)C(=C(Cl)Cl)CCC4C3[C@H]3OC(C)(C)O[C@@H]3C2C1.C[C@H]1CC[C@]2(C)C3CC[C@]4(C)C(=O)CCC4C3[C@H]3OC(C)(C)O[C@@H]3C2C1.C[C@]12CC[C@H](O)CC1[C@@H](O)[C@H](O)C1C2CC[C@]2(C)C(=C(Cl)Cl)CCC12. The third kappa shape index (κ3) is 16.3. The van der Waals surface area contributed by atoms with Crippen LogP contribution in [-0.2, 0) is 33.3 Å². The summed E-state index contributed by atoms with van der Waals surface area (Å²) in [6.45, 7) is 41.3. The molecule has 2 heterocycles. The van der Waals surface area contributed by atoms with Crippen molar-refractivity contribution >= 4 is 111 Å². The van der Waals surface area contributed by atoms with E-state index in [9.17, 15) is 39.9 Å². The molecule has 2 saturated heterocycles. The van der Waals surface area contributed by atoms with E-state index in [1.54, 1.807) is 0 Å². The number of Topliss-reactive ketones (excluding diaryl/α,β-unsaturated/α-hetero) is 1. The predicted octanol–water partition coefficient (Wildman–Crippen LogP) is 27.3. The van der Waals surface area contributed by atoms with E-state index in [-0.39, 0.29) is 109 Å². The second-order valence-corrected chi connectivity index (χ2v) is 55.5. The summed E-state index contributed by atoms with van der Waals surface area (Å²) in [4.78, 5) is 36.8. The molecule has 20 heteroatoms. The average molecular weight is 1950 g/mol. The number of hydrogen-bond donors (Lipinski definition) is 5. The molecule has 0 amide bonds. The maximum atomic E-state index is 12.8. The minimum Gasteiger partial charge on any atom is -0.393 e. The van der Waals surface area contributed by atoms with Gasteiger partial charge < -0.3 is 54.1 Å². The molecule has 21 fully saturated rings. The van der Waals surface area contributed by atoms with Gasteiger partial charge in [-0.2, -0.15) is 0 Å². The van der Waals surface area contributed by atoms with Crippen molar-refractivity contribution < 1.29 is 58.9 Å². The molecule has 19 unspecified atom stereocenters. The van der Waals surface area contributed by atoms with Crippen molar-refractivity contribution in [2.45, 2.75) is 416 Å². The lowest BCUT2D eigenvalue weighted by molar-refractivity contribution is -0.217. The quantitative estimate of drug-likeness (QED) is 0.168.